The Morgan fingerprint density at radius 1 is 0.893 bits per heavy atom. The fourth-order valence-electron chi connectivity index (χ4n) is 2.17. The van der Waals surface area contributed by atoms with E-state index in [1.165, 1.54) is 24.3 Å². The van der Waals surface area contributed by atoms with Crippen LogP contribution in [0.3, 0.4) is 0 Å². The van der Waals surface area contributed by atoms with E-state index in [0.717, 1.165) is 6.08 Å². The Bertz CT molecular complexity index is 667. The van der Waals surface area contributed by atoms with Crippen molar-refractivity contribution in [2.24, 2.45) is 0 Å². The van der Waals surface area contributed by atoms with Crippen LogP contribution in [-0.2, 0) is 4.79 Å². The Kier molecular flexibility index (Phi) is 9.28. The molecular formula is C17H25NO10. The molecule has 6 atom stereocenters. The maximum Gasteiger partial charge on any atom is 0.244 e. The third-order valence-electron chi connectivity index (χ3n) is 3.94. The van der Waals surface area contributed by atoms with E-state index in [-0.39, 0.29) is 11.5 Å². The van der Waals surface area contributed by atoms with Crippen molar-refractivity contribution in [1.82, 2.24) is 5.32 Å². The van der Waals surface area contributed by atoms with Gasteiger partial charge in [0.1, 0.15) is 30.5 Å². The second kappa shape index (κ2) is 10.9. The topological polar surface area (TPSA) is 211 Å². The molecule has 11 nitrogen and oxygen atoms in total. The van der Waals surface area contributed by atoms with E-state index in [2.05, 4.69) is 5.32 Å². The summed E-state index contributed by atoms with van der Waals surface area (Å²) in [6.45, 7) is -1.42. The Morgan fingerprint density at radius 3 is 2.00 bits per heavy atom. The molecular weight excluding hydrogens is 378 g/mol. The van der Waals surface area contributed by atoms with Crippen LogP contribution < -0.4 is 5.32 Å². The summed E-state index contributed by atoms with van der Waals surface area (Å²) in [5.41, 5.74) is 0.404. The summed E-state index contributed by atoms with van der Waals surface area (Å²) in [5.74, 6) is -1.39. The number of carbonyl (C=O) groups is 1. The molecule has 0 spiro atoms. The molecule has 0 aliphatic carbocycles. The first-order chi connectivity index (χ1) is 13.1. The lowest BCUT2D eigenvalue weighted by molar-refractivity contribution is -0.157. The van der Waals surface area contributed by atoms with Crippen molar-refractivity contribution in [1.29, 1.82) is 0 Å². The van der Waals surface area contributed by atoms with Gasteiger partial charge < -0.3 is 51.3 Å². The van der Waals surface area contributed by atoms with Gasteiger partial charge in [-0.1, -0.05) is 6.07 Å². The number of phenols is 2. The summed E-state index contributed by atoms with van der Waals surface area (Å²) in [6, 6.07) is 3.87. The lowest BCUT2D eigenvalue weighted by Gasteiger charge is -2.30. The molecule has 0 saturated heterocycles. The Balaban J connectivity index is 2.55. The van der Waals surface area contributed by atoms with Crippen molar-refractivity contribution in [3.8, 4) is 11.5 Å². The smallest absolute Gasteiger partial charge is 0.244 e. The molecule has 1 rings (SSSR count). The summed E-state index contributed by atoms with van der Waals surface area (Å²) in [6.07, 6.45) is -9.21. The van der Waals surface area contributed by atoms with Gasteiger partial charge in [-0.05, 0) is 23.8 Å². The number of phenolic OH excluding ortho intramolecular Hbond substituents is 2. The maximum absolute atomic E-state index is 11.7. The molecule has 0 aliphatic rings. The van der Waals surface area contributed by atoms with E-state index in [1.54, 1.807) is 0 Å². The van der Waals surface area contributed by atoms with Gasteiger partial charge in [0.05, 0.1) is 12.7 Å². The van der Waals surface area contributed by atoms with Crippen molar-refractivity contribution in [3.05, 3.63) is 29.8 Å². The van der Waals surface area contributed by atoms with E-state index in [0.29, 0.717) is 5.56 Å². The molecule has 0 aliphatic heterocycles. The van der Waals surface area contributed by atoms with Gasteiger partial charge >= 0.3 is 0 Å². The van der Waals surface area contributed by atoms with E-state index in [9.17, 15) is 45.6 Å². The first-order valence-corrected chi connectivity index (χ1v) is 8.25. The predicted octanol–water partition coefficient (Wildman–Crippen LogP) is -3.62. The summed E-state index contributed by atoms with van der Waals surface area (Å²) >= 11 is 0. The lowest BCUT2D eigenvalue weighted by atomic mass is 9.96. The molecule has 0 heterocycles. The van der Waals surface area contributed by atoms with Crippen LogP contribution in [0.1, 0.15) is 5.56 Å². The quantitative estimate of drug-likeness (QED) is 0.137. The highest BCUT2D eigenvalue weighted by molar-refractivity contribution is 5.91. The molecule has 1 aromatic rings. The van der Waals surface area contributed by atoms with Gasteiger partial charge in [0.2, 0.25) is 5.91 Å². The number of nitrogens with one attached hydrogen (secondary N) is 1. The molecule has 0 saturated carbocycles. The third kappa shape index (κ3) is 6.73. The summed E-state index contributed by atoms with van der Waals surface area (Å²) in [5, 5.41) is 87.2. The minimum Gasteiger partial charge on any atom is -0.504 e. The summed E-state index contributed by atoms with van der Waals surface area (Å²) in [4.78, 5) is 11.7. The van der Waals surface area contributed by atoms with Gasteiger partial charge in [-0.25, -0.2) is 0 Å². The Morgan fingerprint density at radius 2 is 1.46 bits per heavy atom. The van der Waals surface area contributed by atoms with E-state index in [1.807, 2.05) is 0 Å². The SMILES string of the molecule is O=C(/C=C/c1ccc(O)c(O)c1)NCC(O)C(O)C(O)C(O)C(O)C(O)CO. The molecule has 0 aromatic heterocycles. The number of carbonyl (C=O) groups excluding carboxylic acids is 1. The maximum atomic E-state index is 11.7. The van der Waals surface area contributed by atoms with E-state index >= 15 is 0 Å². The average molecular weight is 403 g/mol. The monoisotopic (exact) mass is 403 g/mol. The van der Waals surface area contributed by atoms with Crippen LogP contribution in [0.4, 0.5) is 0 Å². The van der Waals surface area contributed by atoms with Crippen LogP contribution in [0.15, 0.2) is 24.3 Å². The Labute approximate surface area is 160 Å². The molecule has 1 amide bonds. The zero-order valence-corrected chi connectivity index (χ0v) is 14.7. The lowest BCUT2D eigenvalue weighted by Crippen LogP contribution is -2.54. The van der Waals surface area contributed by atoms with Gasteiger partial charge in [-0.15, -0.1) is 0 Å². The van der Waals surface area contributed by atoms with E-state index in [4.69, 9.17) is 5.11 Å². The first-order valence-electron chi connectivity index (χ1n) is 8.25. The minimum atomic E-state index is -2.07. The van der Waals surface area contributed by atoms with Crippen molar-refractivity contribution in [2.45, 2.75) is 36.6 Å². The molecule has 0 bridgehead atoms. The second-order valence-electron chi connectivity index (χ2n) is 6.11. The molecule has 11 heteroatoms. The number of benzene rings is 1. The second-order valence-corrected chi connectivity index (χ2v) is 6.11. The van der Waals surface area contributed by atoms with Gasteiger partial charge in [-0.3, -0.25) is 4.79 Å². The van der Waals surface area contributed by atoms with Gasteiger partial charge in [0, 0.05) is 12.6 Å². The van der Waals surface area contributed by atoms with Crippen LogP contribution >= 0.6 is 0 Å². The molecule has 0 fully saturated rings. The molecule has 6 unspecified atom stereocenters. The van der Waals surface area contributed by atoms with Gasteiger partial charge in [-0.2, -0.15) is 0 Å². The fraction of sp³-hybridized carbons (Fsp3) is 0.471. The zero-order valence-electron chi connectivity index (χ0n) is 14.7. The number of amides is 1. The Hall–Kier alpha value is -2.25. The van der Waals surface area contributed by atoms with Crippen LogP contribution in [0.5, 0.6) is 11.5 Å². The summed E-state index contributed by atoms with van der Waals surface area (Å²) in [7, 11) is 0. The molecule has 158 valence electrons. The molecule has 28 heavy (non-hydrogen) atoms. The highest BCUT2D eigenvalue weighted by atomic mass is 16.4. The number of hydrogen-bond donors (Lipinski definition) is 10. The highest BCUT2D eigenvalue weighted by Crippen LogP contribution is 2.25. The average Bonchev–Trinajstić information content (AvgIpc) is 2.69. The standard InChI is InChI=1S/C17H25NO10/c19-7-12(23)15(26)17(28)16(27)14(25)11(22)6-18-13(24)4-2-8-1-3-9(20)10(21)5-8/h1-5,11-12,14-17,19-23,25-28H,6-7H2,(H,18,24)/b4-2+. The molecule has 1 aromatic carbocycles. The molecule has 10 N–H and O–H groups in total. The van der Waals surface area contributed by atoms with Crippen molar-refractivity contribution in [2.75, 3.05) is 13.2 Å². The van der Waals surface area contributed by atoms with Crippen LogP contribution in [-0.4, -0.2) is 102 Å². The predicted molar refractivity (Wildman–Crippen MR) is 94.9 cm³/mol. The number of aliphatic hydroxyl groups excluding tert-OH is 7. The fourth-order valence-corrected chi connectivity index (χ4v) is 2.17. The third-order valence-corrected chi connectivity index (χ3v) is 3.94. The highest BCUT2D eigenvalue weighted by Gasteiger charge is 2.36. The number of hydrogen-bond acceptors (Lipinski definition) is 10. The molecule has 0 radical (unpaired) electrons. The number of aromatic hydroxyl groups is 2. The van der Waals surface area contributed by atoms with Crippen LogP contribution in [0.2, 0.25) is 0 Å². The van der Waals surface area contributed by atoms with Gasteiger partial charge in [0.15, 0.2) is 11.5 Å². The largest absolute Gasteiger partial charge is 0.504 e. The van der Waals surface area contributed by atoms with Crippen molar-refractivity contribution >= 4 is 12.0 Å². The van der Waals surface area contributed by atoms with E-state index < -0.39 is 55.7 Å². The minimum absolute atomic E-state index is 0.323. The van der Waals surface area contributed by atoms with Crippen molar-refractivity contribution in [3.63, 3.8) is 0 Å². The van der Waals surface area contributed by atoms with Gasteiger partial charge in [0.25, 0.3) is 0 Å². The normalized spacial score (nSPS) is 18.2. The van der Waals surface area contributed by atoms with Crippen LogP contribution in [0.25, 0.3) is 6.08 Å². The summed E-state index contributed by atoms with van der Waals surface area (Å²) < 4.78 is 0. The van der Waals surface area contributed by atoms with Crippen LogP contribution in [0, 0.1) is 0 Å². The van der Waals surface area contributed by atoms with Crippen molar-refractivity contribution < 1.29 is 50.8 Å². The first kappa shape index (κ1) is 23.8. The zero-order chi connectivity index (χ0) is 21.4. The number of aliphatic hydroxyl groups is 7. The number of rotatable bonds is 10.